The van der Waals surface area contributed by atoms with Crippen LogP contribution in [0.15, 0.2) is 24.3 Å². The fourth-order valence-corrected chi connectivity index (χ4v) is 4.49. The third-order valence-electron chi connectivity index (χ3n) is 5.89. The first-order valence-corrected chi connectivity index (χ1v) is 10.3. The van der Waals surface area contributed by atoms with Crippen molar-refractivity contribution in [1.29, 1.82) is 0 Å². The average molecular weight is 357 g/mol. The van der Waals surface area contributed by atoms with E-state index in [1.54, 1.807) is 0 Å². The summed E-state index contributed by atoms with van der Waals surface area (Å²) in [7, 11) is 0. The fraction of sp³-hybridized carbons (Fsp3) is 0.636. The van der Waals surface area contributed by atoms with Crippen molar-refractivity contribution in [3.8, 4) is 0 Å². The summed E-state index contributed by atoms with van der Waals surface area (Å²) in [5.41, 5.74) is 2.74. The minimum absolute atomic E-state index is 0.0910. The molecule has 1 aromatic carbocycles. The summed E-state index contributed by atoms with van der Waals surface area (Å²) in [6.07, 6.45) is 10.8. The van der Waals surface area contributed by atoms with E-state index in [9.17, 15) is 9.59 Å². The van der Waals surface area contributed by atoms with Crippen LogP contribution in [0.2, 0.25) is 0 Å². The second kappa shape index (κ2) is 9.75. The van der Waals surface area contributed by atoms with Crippen LogP contribution in [-0.2, 0) is 16.0 Å². The molecule has 4 heteroatoms. The highest BCUT2D eigenvalue weighted by atomic mass is 16.2. The summed E-state index contributed by atoms with van der Waals surface area (Å²) in [6.45, 7) is 1.04. The third kappa shape index (κ3) is 5.58. The van der Waals surface area contributed by atoms with Gasteiger partial charge >= 0.3 is 0 Å². The minimum atomic E-state index is 0.0910. The monoisotopic (exact) mass is 356 g/mol. The molecule has 0 radical (unpaired) electrons. The third-order valence-corrected chi connectivity index (χ3v) is 5.89. The molecule has 2 aliphatic carbocycles. The van der Waals surface area contributed by atoms with Crippen molar-refractivity contribution in [2.75, 3.05) is 13.1 Å². The van der Waals surface area contributed by atoms with Crippen molar-refractivity contribution in [3.63, 3.8) is 0 Å². The van der Waals surface area contributed by atoms with Gasteiger partial charge in [0.25, 0.3) is 0 Å². The number of aryl methyl sites for hydroxylation is 1. The molecular formula is C22H32N2O2. The number of amides is 2. The number of hydrogen-bond donors (Lipinski definition) is 2. The van der Waals surface area contributed by atoms with Crippen molar-refractivity contribution in [2.45, 2.75) is 70.1 Å². The van der Waals surface area contributed by atoms with E-state index in [0.717, 1.165) is 19.3 Å². The number of fused-ring (bicyclic) bond motifs is 1. The first-order chi connectivity index (χ1) is 12.7. The first-order valence-electron chi connectivity index (χ1n) is 10.3. The van der Waals surface area contributed by atoms with Crippen molar-refractivity contribution >= 4 is 11.8 Å². The summed E-state index contributed by atoms with van der Waals surface area (Å²) in [6, 6.07) is 8.49. The normalized spacial score (nSPS) is 20.2. The molecule has 0 heterocycles. The Labute approximate surface area is 157 Å². The van der Waals surface area contributed by atoms with Crippen LogP contribution in [0, 0.1) is 5.92 Å². The molecule has 26 heavy (non-hydrogen) atoms. The fourth-order valence-electron chi connectivity index (χ4n) is 4.49. The Kier molecular flexibility index (Phi) is 7.10. The average Bonchev–Trinajstić information content (AvgIpc) is 2.66. The Morgan fingerprint density at radius 2 is 1.54 bits per heavy atom. The van der Waals surface area contributed by atoms with Gasteiger partial charge in [-0.3, -0.25) is 9.59 Å². The summed E-state index contributed by atoms with van der Waals surface area (Å²) in [4.78, 5) is 24.2. The van der Waals surface area contributed by atoms with Gasteiger partial charge in [-0.2, -0.15) is 0 Å². The highest BCUT2D eigenvalue weighted by Crippen LogP contribution is 2.33. The molecule has 2 N–H and O–H groups in total. The van der Waals surface area contributed by atoms with E-state index in [1.807, 2.05) is 0 Å². The van der Waals surface area contributed by atoms with Gasteiger partial charge in [-0.15, -0.1) is 0 Å². The van der Waals surface area contributed by atoms with Gasteiger partial charge < -0.3 is 10.6 Å². The highest BCUT2D eigenvalue weighted by molar-refractivity contribution is 5.78. The van der Waals surface area contributed by atoms with Gasteiger partial charge in [-0.1, -0.05) is 43.5 Å². The number of nitrogens with one attached hydrogen (secondary N) is 2. The molecule has 0 aliphatic heterocycles. The van der Waals surface area contributed by atoms with Crippen molar-refractivity contribution < 1.29 is 9.59 Å². The molecule has 1 aromatic rings. The van der Waals surface area contributed by atoms with Crippen LogP contribution >= 0.6 is 0 Å². The van der Waals surface area contributed by atoms with E-state index < -0.39 is 0 Å². The smallest absolute Gasteiger partial charge is 0.220 e. The Morgan fingerprint density at radius 3 is 2.31 bits per heavy atom. The molecule has 3 rings (SSSR count). The SMILES string of the molecule is O=C(CC1CCCCC1)NCCNC(=O)CC1CCCc2ccccc21. The Bertz CT molecular complexity index is 608. The maximum absolute atomic E-state index is 12.3. The van der Waals surface area contributed by atoms with Crippen LogP contribution < -0.4 is 10.6 Å². The molecule has 1 fully saturated rings. The largest absolute Gasteiger partial charge is 0.354 e. The lowest BCUT2D eigenvalue weighted by Gasteiger charge is -2.25. The lowest BCUT2D eigenvalue weighted by molar-refractivity contribution is -0.123. The molecule has 2 amide bonds. The van der Waals surface area contributed by atoms with Gasteiger partial charge in [-0.05, 0) is 55.1 Å². The molecule has 1 atom stereocenters. The van der Waals surface area contributed by atoms with E-state index >= 15 is 0 Å². The Balaban J connectivity index is 1.33. The molecule has 0 bridgehead atoms. The second-order valence-corrected chi connectivity index (χ2v) is 7.90. The van der Waals surface area contributed by atoms with Crippen LogP contribution in [-0.4, -0.2) is 24.9 Å². The zero-order valence-corrected chi connectivity index (χ0v) is 15.8. The molecule has 0 saturated heterocycles. The zero-order valence-electron chi connectivity index (χ0n) is 15.8. The standard InChI is InChI=1S/C22H32N2O2/c25-21(15-17-7-2-1-3-8-17)23-13-14-24-22(26)16-19-11-6-10-18-9-4-5-12-20(18)19/h4-5,9,12,17,19H,1-3,6-8,10-11,13-16H2,(H,23,25)(H,24,26). The van der Waals surface area contributed by atoms with E-state index in [0.29, 0.717) is 37.8 Å². The van der Waals surface area contributed by atoms with E-state index in [4.69, 9.17) is 0 Å². The summed E-state index contributed by atoms with van der Waals surface area (Å²) < 4.78 is 0. The molecule has 0 aromatic heterocycles. The zero-order chi connectivity index (χ0) is 18.2. The topological polar surface area (TPSA) is 58.2 Å². The number of hydrogen-bond acceptors (Lipinski definition) is 2. The number of carbonyl (C=O) groups is 2. The van der Waals surface area contributed by atoms with E-state index in [2.05, 4.69) is 34.9 Å². The quantitative estimate of drug-likeness (QED) is 0.732. The van der Waals surface area contributed by atoms with Crippen molar-refractivity contribution in [3.05, 3.63) is 35.4 Å². The maximum Gasteiger partial charge on any atom is 0.220 e. The number of benzene rings is 1. The molecule has 2 aliphatic rings. The summed E-state index contributed by atoms with van der Waals surface area (Å²) in [5, 5.41) is 5.92. The Morgan fingerprint density at radius 1 is 0.846 bits per heavy atom. The van der Waals surface area contributed by atoms with Crippen LogP contribution in [0.5, 0.6) is 0 Å². The minimum Gasteiger partial charge on any atom is -0.354 e. The van der Waals surface area contributed by atoms with Crippen LogP contribution in [0.1, 0.15) is 74.8 Å². The van der Waals surface area contributed by atoms with Gasteiger partial charge in [0.1, 0.15) is 0 Å². The van der Waals surface area contributed by atoms with E-state index in [1.165, 1.54) is 43.2 Å². The van der Waals surface area contributed by atoms with Gasteiger partial charge in [-0.25, -0.2) is 0 Å². The summed E-state index contributed by atoms with van der Waals surface area (Å²) in [5.74, 6) is 1.12. The maximum atomic E-state index is 12.3. The number of carbonyl (C=O) groups excluding carboxylic acids is 2. The lowest BCUT2D eigenvalue weighted by atomic mass is 9.81. The van der Waals surface area contributed by atoms with Crippen LogP contribution in [0.3, 0.4) is 0 Å². The van der Waals surface area contributed by atoms with Gasteiger partial charge in [0.2, 0.25) is 11.8 Å². The first kappa shape index (κ1) is 18.9. The summed E-state index contributed by atoms with van der Waals surface area (Å²) >= 11 is 0. The molecule has 1 saturated carbocycles. The van der Waals surface area contributed by atoms with Crippen LogP contribution in [0.25, 0.3) is 0 Å². The van der Waals surface area contributed by atoms with Gasteiger partial charge in [0.05, 0.1) is 0 Å². The Hall–Kier alpha value is -1.84. The molecular weight excluding hydrogens is 324 g/mol. The number of rotatable bonds is 7. The second-order valence-electron chi connectivity index (χ2n) is 7.90. The van der Waals surface area contributed by atoms with Gasteiger partial charge in [0, 0.05) is 25.9 Å². The highest BCUT2D eigenvalue weighted by Gasteiger charge is 2.22. The molecule has 142 valence electrons. The van der Waals surface area contributed by atoms with E-state index in [-0.39, 0.29) is 11.8 Å². The molecule has 4 nitrogen and oxygen atoms in total. The van der Waals surface area contributed by atoms with Crippen molar-refractivity contribution in [2.24, 2.45) is 5.92 Å². The lowest BCUT2D eigenvalue weighted by Crippen LogP contribution is -2.36. The van der Waals surface area contributed by atoms with Gasteiger partial charge in [0.15, 0.2) is 0 Å². The predicted molar refractivity (Wildman–Crippen MR) is 104 cm³/mol. The predicted octanol–water partition coefficient (Wildman–Crippen LogP) is 3.70. The van der Waals surface area contributed by atoms with Crippen molar-refractivity contribution in [1.82, 2.24) is 10.6 Å². The molecule has 0 spiro atoms. The molecule has 1 unspecified atom stereocenters. The van der Waals surface area contributed by atoms with Crippen LogP contribution in [0.4, 0.5) is 0 Å².